The molecule has 2 N–H and O–H groups in total. The van der Waals surface area contributed by atoms with Crippen molar-refractivity contribution < 1.29 is 19.4 Å². The normalized spacial score (nSPS) is 21.4. The van der Waals surface area contributed by atoms with Gasteiger partial charge >= 0.3 is 0 Å². The van der Waals surface area contributed by atoms with Crippen LogP contribution in [0.1, 0.15) is 37.0 Å². The topological polar surface area (TPSA) is 126 Å². The van der Waals surface area contributed by atoms with E-state index in [2.05, 4.69) is 39.7 Å². The number of carbonyl (C=O) groups excluding carboxylic acids is 2. The number of ether oxygens (including phenoxy) is 1. The van der Waals surface area contributed by atoms with Crippen molar-refractivity contribution >= 4 is 17.5 Å². The molecule has 0 spiro atoms. The molecule has 2 aliphatic rings. The SMILES string of the molecule is C[C@@H]1CN([C@H](C)CO)C(=O)c2cc(NC(=O)Cn3cnnn3)ccc2O[C@@H]1CN(C)CC1CC1. The summed E-state index contributed by atoms with van der Waals surface area (Å²) in [5.41, 5.74) is 0.837. The first-order valence-corrected chi connectivity index (χ1v) is 11.8. The third-order valence-corrected chi connectivity index (χ3v) is 6.40. The number of aliphatic hydroxyl groups excluding tert-OH is 1. The Morgan fingerprint density at radius 3 is 2.82 bits per heavy atom. The lowest BCUT2D eigenvalue weighted by molar-refractivity contribution is -0.116. The molecule has 2 heterocycles. The second-order valence-electron chi connectivity index (χ2n) is 9.55. The molecule has 0 unspecified atom stereocenters. The summed E-state index contributed by atoms with van der Waals surface area (Å²) in [6.07, 6.45) is 3.80. The van der Waals surface area contributed by atoms with E-state index in [4.69, 9.17) is 4.74 Å². The van der Waals surface area contributed by atoms with Crippen molar-refractivity contribution in [3.8, 4) is 5.75 Å². The van der Waals surface area contributed by atoms with Gasteiger partial charge in [-0.1, -0.05) is 6.92 Å². The van der Waals surface area contributed by atoms with Crippen LogP contribution < -0.4 is 10.1 Å². The number of nitrogens with zero attached hydrogens (tertiary/aromatic N) is 6. The van der Waals surface area contributed by atoms with Crippen LogP contribution in [0.3, 0.4) is 0 Å². The van der Waals surface area contributed by atoms with Gasteiger partial charge in [-0.25, -0.2) is 4.68 Å². The number of rotatable bonds is 9. The maximum atomic E-state index is 13.5. The molecule has 0 radical (unpaired) electrons. The highest BCUT2D eigenvalue weighted by atomic mass is 16.5. The summed E-state index contributed by atoms with van der Waals surface area (Å²) in [5.74, 6) is 0.775. The zero-order valence-corrected chi connectivity index (χ0v) is 19.9. The second-order valence-corrected chi connectivity index (χ2v) is 9.55. The van der Waals surface area contributed by atoms with E-state index in [0.717, 1.165) is 19.0 Å². The Labute approximate surface area is 199 Å². The summed E-state index contributed by atoms with van der Waals surface area (Å²) >= 11 is 0. The van der Waals surface area contributed by atoms with Crippen molar-refractivity contribution in [2.24, 2.45) is 11.8 Å². The summed E-state index contributed by atoms with van der Waals surface area (Å²) in [4.78, 5) is 29.9. The summed E-state index contributed by atoms with van der Waals surface area (Å²) in [6.45, 7) is 5.99. The number of hydrogen-bond acceptors (Lipinski definition) is 8. The highest BCUT2D eigenvalue weighted by Gasteiger charge is 2.34. The average molecular weight is 472 g/mol. The van der Waals surface area contributed by atoms with Gasteiger partial charge in [0.2, 0.25) is 5.91 Å². The smallest absolute Gasteiger partial charge is 0.258 e. The predicted molar refractivity (Wildman–Crippen MR) is 124 cm³/mol. The molecule has 1 saturated carbocycles. The van der Waals surface area contributed by atoms with Gasteiger partial charge in [0.1, 0.15) is 24.7 Å². The minimum absolute atomic E-state index is 0.0465. The lowest BCUT2D eigenvalue weighted by Crippen LogP contribution is -2.50. The van der Waals surface area contributed by atoms with Crippen molar-refractivity contribution in [2.45, 2.75) is 45.4 Å². The summed E-state index contributed by atoms with van der Waals surface area (Å²) in [6, 6.07) is 4.74. The molecule has 1 fully saturated rings. The lowest BCUT2D eigenvalue weighted by Gasteiger charge is -2.38. The molecule has 1 aromatic heterocycles. The molecule has 11 heteroatoms. The number of nitrogens with one attached hydrogen (secondary N) is 1. The average Bonchev–Trinajstić information content (AvgIpc) is 3.47. The number of tetrazole rings is 1. The van der Waals surface area contributed by atoms with E-state index in [1.807, 2.05) is 6.92 Å². The molecule has 34 heavy (non-hydrogen) atoms. The fourth-order valence-corrected chi connectivity index (χ4v) is 4.24. The van der Waals surface area contributed by atoms with Crippen LogP contribution >= 0.6 is 0 Å². The monoisotopic (exact) mass is 471 g/mol. The Kier molecular flexibility index (Phi) is 7.42. The molecule has 0 bridgehead atoms. The molecule has 1 aliphatic heterocycles. The Bertz CT molecular complexity index is 995. The van der Waals surface area contributed by atoms with Gasteiger partial charge in [-0.05, 0) is 61.4 Å². The van der Waals surface area contributed by atoms with E-state index in [1.54, 1.807) is 23.1 Å². The molecule has 2 amide bonds. The molecular weight excluding hydrogens is 438 g/mol. The van der Waals surface area contributed by atoms with Crippen LogP contribution in [0, 0.1) is 11.8 Å². The number of fused-ring (bicyclic) bond motifs is 1. The fourth-order valence-electron chi connectivity index (χ4n) is 4.24. The van der Waals surface area contributed by atoms with Crippen molar-refractivity contribution in [3.63, 3.8) is 0 Å². The number of aliphatic hydroxyl groups is 1. The number of amides is 2. The van der Waals surface area contributed by atoms with Crippen LogP contribution in [0.25, 0.3) is 0 Å². The Morgan fingerprint density at radius 1 is 1.35 bits per heavy atom. The van der Waals surface area contributed by atoms with Gasteiger partial charge in [-0.15, -0.1) is 5.10 Å². The maximum Gasteiger partial charge on any atom is 0.258 e. The van der Waals surface area contributed by atoms with Gasteiger partial charge in [0, 0.05) is 31.2 Å². The van der Waals surface area contributed by atoms with Crippen molar-refractivity contribution in [1.82, 2.24) is 30.0 Å². The molecule has 11 nitrogen and oxygen atoms in total. The van der Waals surface area contributed by atoms with E-state index in [1.165, 1.54) is 23.9 Å². The minimum atomic E-state index is -0.344. The molecule has 0 saturated heterocycles. The highest BCUT2D eigenvalue weighted by Crippen LogP contribution is 2.32. The van der Waals surface area contributed by atoms with Crippen LogP contribution in [-0.2, 0) is 11.3 Å². The van der Waals surface area contributed by atoms with E-state index in [-0.39, 0.29) is 43.0 Å². The van der Waals surface area contributed by atoms with Gasteiger partial charge in [0.25, 0.3) is 5.91 Å². The quantitative estimate of drug-likeness (QED) is 0.552. The zero-order chi connectivity index (χ0) is 24.2. The van der Waals surface area contributed by atoms with Gasteiger partial charge in [-0.3, -0.25) is 9.59 Å². The number of anilines is 1. The van der Waals surface area contributed by atoms with Crippen LogP contribution in [0.15, 0.2) is 24.5 Å². The predicted octanol–water partition coefficient (Wildman–Crippen LogP) is 0.874. The number of hydrogen-bond donors (Lipinski definition) is 2. The van der Waals surface area contributed by atoms with E-state index < -0.39 is 0 Å². The lowest BCUT2D eigenvalue weighted by atomic mass is 9.99. The maximum absolute atomic E-state index is 13.5. The first-order valence-electron chi connectivity index (χ1n) is 11.8. The Hall–Kier alpha value is -3.05. The van der Waals surface area contributed by atoms with E-state index >= 15 is 0 Å². The first kappa shape index (κ1) is 24.1. The molecule has 4 rings (SSSR count). The van der Waals surface area contributed by atoms with Crippen LogP contribution in [0.2, 0.25) is 0 Å². The molecule has 1 aliphatic carbocycles. The van der Waals surface area contributed by atoms with E-state index in [0.29, 0.717) is 23.5 Å². The third-order valence-electron chi connectivity index (χ3n) is 6.40. The van der Waals surface area contributed by atoms with Crippen LogP contribution in [0.4, 0.5) is 5.69 Å². The van der Waals surface area contributed by atoms with Crippen LogP contribution in [-0.4, -0.2) is 92.4 Å². The Morgan fingerprint density at radius 2 is 2.15 bits per heavy atom. The highest BCUT2D eigenvalue weighted by molar-refractivity contribution is 5.99. The number of likely N-dealkylation sites (N-methyl/N-ethyl adjacent to an activating group) is 1. The summed E-state index contributed by atoms with van der Waals surface area (Å²) < 4.78 is 7.72. The van der Waals surface area contributed by atoms with Crippen molar-refractivity contribution in [1.29, 1.82) is 0 Å². The number of benzene rings is 1. The van der Waals surface area contributed by atoms with Crippen molar-refractivity contribution in [3.05, 3.63) is 30.1 Å². The molecule has 3 atom stereocenters. The third kappa shape index (κ3) is 5.89. The second kappa shape index (κ2) is 10.5. The van der Waals surface area contributed by atoms with Gasteiger partial charge in [0.05, 0.1) is 18.2 Å². The van der Waals surface area contributed by atoms with Crippen LogP contribution in [0.5, 0.6) is 5.75 Å². The number of aromatic nitrogens is 4. The van der Waals surface area contributed by atoms with Gasteiger partial charge in [-0.2, -0.15) is 0 Å². The Balaban J connectivity index is 1.57. The minimum Gasteiger partial charge on any atom is -0.488 e. The van der Waals surface area contributed by atoms with Crippen molar-refractivity contribution in [2.75, 3.05) is 38.6 Å². The fraction of sp³-hybridized carbons (Fsp3) is 0.609. The standard InChI is InChI=1S/C23H33N7O4/c1-15-9-30(16(2)13-31)23(33)19-8-18(25-22(32)12-29-14-24-26-27-29)6-7-20(19)34-21(15)11-28(3)10-17-4-5-17/h6-8,14-17,21,31H,4-5,9-13H2,1-3H3,(H,25,32)/t15-,16-,21-/m1/s1. The molecule has 2 aromatic rings. The van der Waals surface area contributed by atoms with E-state index in [9.17, 15) is 14.7 Å². The summed E-state index contributed by atoms with van der Waals surface area (Å²) in [7, 11) is 2.11. The molecular formula is C23H33N7O4. The van der Waals surface area contributed by atoms with Gasteiger partial charge < -0.3 is 25.0 Å². The number of carbonyl (C=O) groups is 2. The molecule has 1 aromatic carbocycles. The molecule has 184 valence electrons. The first-order chi connectivity index (χ1) is 16.3. The largest absolute Gasteiger partial charge is 0.488 e. The summed E-state index contributed by atoms with van der Waals surface area (Å²) in [5, 5.41) is 23.3. The van der Waals surface area contributed by atoms with Gasteiger partial charge in [0.15, 0.2) is 0 Å². The zero-order valence-electron chi connectivity index (χ0n) is 19.9.